The maximum absolute atomic E-state index is 4.61. The number of rotatable bonds is 1. The third-order valence-corrected chi connectivity index (χ3v) is 4.05. The topological polar surface area (TPSA) is 12.9 Å². The van der Waals surface area contributed by atoms with E-state index in [0.717, 1.165) is 11.3 Å². The van der Waals surface area contributed by atoms with Gasteiger partial charge in [0.15, 0.2) is 0 Å². The van der Waals surface area contributed by atoms with Gasteiger partial charge in [-0.05, 0) is 34.7 Å². The monoisotopic (exact) mass is 269 g/mol. The number of fused-ring (bicyclic) bond motifs is 3. The maximum Gasteiger partial charge on any atom is 0.0708 e. The Balaban J connectivity index is 2.06. The highest BCUT2D eigenvalue weighted by molar-refractivity contribution is 6.09. The second-order valence-electron chi connectivity index (χ2n) is 5.39. The van der Waals surface area contributed by atoms with Crippen molar-refractivity contribution in [3.63, 3.8) is 0 Å². The van der Waals surface area contributed by atoms with Gasteiger partial charge in [-0.2, -0.15) is 0 Å². The second-order valence-corrected chi connectivity index (χ2v) is 5.39. The van der Waals surface area contributed by atoms with Gasteiger partial charge >= 0.3 is 0 Å². The van der Waals surface area contributed by atoms with Crippen LogP contribution in [0.25, 0.3) is 32.8 Å². The molecule has 4 aromatic rings. The van der Waals surface area contributed by atoms with E-state index < -0.39 is 0 Å². The summed E-state index contributed by atoms with van der Waals surface area (Å²) in [4.78, 5) is 4.61. The number of aryl methyl sites for hydroxylation is 1. The van der Waals surface area contributed by atoms with Crippen LogP contribution < -0.4 is 0 Å². The van der Waals surface area contributed by atoms with E-state index in [4.69, 9.17) is 0 Å². The minimum absolute atomic E-state index is 1.03. The molecule has 4 rings (SSSR count). The van der Waals surface area contributed by atoms with Crippen LogP contribution in [0.2, 0.25) is 0 Å². The average Bonchev–Trinajstić information content (AvgIpc) is 2.55. The van der Waals surface area contributed by atoms with Gasteiger partial charge in [-0.25, -0.2) is 0 Å². The summed E-state index contributed by atoms with van der Waals surface area (Å²) in [5.74, 6) is 0. The minimum atomic E-state index is 1.03. The molecule has 3 aromatic carbocycles. The van der Waals surface area contributed by atoms with E-state index in [1.807, 2.05) is 12.3 Å². The summed E-state index contributed by atoms with van der Waals surface area (Å²) >= 11 is 0. The van der Waals surface area contributed by atoms with Crippen molar-refractivity contribution in [1.82, 2.24) is 4.98 Å². The van der Waals surface area contributed by atoms with Gasteiger partial charge in [0.25, 0.3) is 0 Å². The Morgan fingerprint density at radius 1 is 0.714 bits per heavy atom. The molecule has 0 saturated carbocycles. The van der Waals surface area contributed by atoms with Crippen LogP contribution in [0.3, 0.4) is 0 Å². The standard InChI is InChI=1S/C20H15N/c1-14-6-5-9-18-17(14)11-10-16-13-21-20(12-19(16)18)15-7-3-2-4-8-15/h2-13H,1H3. The van der Waals surface area contributed by atoms with Crippen molar-refractivity contribution in [1.29, 1.82) is 0 Å². The van der Waals surface area contributed by atoms with Crippen LogP contribution >= 0.6 is 0 Å². The minimum Gasteiger partial charge on any atom is -0.256 e. The molecule has 0 aliphatic carbocycles. The first-order chi connectivity index (χ1) is 10.3. The molecule has 0 aliphatic heterocycles. The van der Waals surface area contributed by atoms with Crippen LogP contribution in [-0.4, -0.2) is 4.98 Å². The molecule has 0 fully saturated rings. The third-order valence-electron chi connectivity index (χ3n) is 4.05. The molecule has 1 heteroatoms. The van der Waals surface area contributed by atoms with E-state index >= 15 is 0 Å². The van der Waals surface area contributed by atoms with Gasteiger partial charge in [0.1, 0.15) is 0 Å². The Kier molecular flexibility index (Phi) is 2.71. The second kappa shape index (κ2) is 4.71. The fraction of sp³-hybridized carbons (Fsp3) is 0.0500. The SMILES string of the molecule is Cc1cccc2c1ccc1cnc(-c3ccccc3)cc12. The first-order valence-electron chi connectivity index (χ1n) is 7.16. The number of hydrogen-bond acceptors (Lipinski definition) is 1. The van der Waals surface area contributed by atoms with Gasteiger partial charge in [0.05, 0.1) is 5.69 Å². The number of pyridine rings is 1. The molecule has 0 unspecified atom stereocenters. The fourth-order valence-corrected chi connectivity index (χ4v) is 2.91. The van der Waals surface area contributed by atoms with Crippen LogP contribution in [0.15, 0.2) is 72.9 Å². The molecule has 0 N–H and O–H groups in total. The largest absolute Gasteiger partial charge is 0.256 e. The Labute approximate surface area is 123 Å². The molecule has 0 bridgehead atoms. The summed E-state index contributed by atoms with van der Waals surface area (Å²) < 4.78 is 0. The molecule has 0 radical (unpaired) electrons. The van der Waals surface area contributed by atoms with Crippen LogP contribution in [0.5, 0.6) is 0 Å². The van der Waals surface area contributed by atoms with Crippen molar-refractivity contribution in [2.75, 3.05) is 0 Å². The lowest BCUT2D eigenvalue weighted by atomic mass is 9.99. The normalized spacial score (nSPS) is 11.1. The van der Waals surface area contributed by atoms with Crippen molar-refractivity contribution in [3.05, 3.63) is 78.5 Å². The molecule has 0 saturated heterocycles. The van der Waals surface area contributed by atoms with Crippen molar-refractivity contribution in [3.8, 4) is 11.3 Å². The van der Waals surface area contributed by atoms with Gasteiger partial charge in [-0.3, -0.25) is 4.98 Å². The number of aromatic nitrogens is 1. The van der Waals surface area contributed by atoms with Crippen molar-refractivity contribution in [2.24, 2.45) is 0 Å². The average molecular weight is 269 g/mol. The number of nitrogens with zero attached hydrogens (tertiary/aromatic N) is 1. The lowest BCUT2D eigenvalue weighted by molar-refractivity contribution is 1.36. The van der Waals surface area contributed by atoms with Gasteiger partial charge in [-0.1, -0.05) is 60.7 Å². The van der Waals surface area contributed by atoms with Crippen LogP contribution in [-0.2, 0) is 0 Å². The molecule has 1 nitrogen and oxygen atoms in total. The van der Waals surface area contributed by atoms with Gasteiger partial charge in [0, 0.05) is 17.1 Å². The summed E-state index contributed by atoms with van der Waals surface area (Å²) in [6, 6.07) is 23.4. The number of benzene rings is 3. The Bertz CT molecular complexity index is 940. The lowest BCUT2D eigenvalue weighted by Crippen LogP contribution is -1.86. The zero-order chi connectivity index (χ0) is 14.2. The molecule has 0 atom stereocenters. The molecule has 1 aromatic heterocycles. The number of hydrogen-bond donors (Lipinski definition) is 0. The van der Waals surface area contributed by atoms with E-state index in [9.17, 15) is 0 Å². The van der Waals surface area contributed by atoms with E-state index in [1.54, 1.807) is 0 Å². The molecule has 21 heavy (non-hydrogen) atoms. The van der Waals surface area contributed by atoms with Crippen LogP contribution in [0.1, 0.15) is 5.56 Å². The summed E-state index contributed by atoms with van der Waals surface area (Å²) in [5.41, 5.74) is 3.49. The Morgan fingerprint density at radius 2 is 1.57 bits per heavy atom. The summed E-state index contributed by atoms with van der Waals surface area (Å²) in [6.07, 6.45) is 1.97. The lowest BCUT2D eigenvalue weighted by Gasteiger charge is -2.08. The summed E-state index contributed by atoms with van der Waals surface area (Å²) in [7, 11) is 0. The summed E-state index contributed by atoms with van der Waals surface area (Å²) in [5, 5.41) is 5.07. The van der Waals surface area contributed by atoms with E-state index in [2.05, 4.69) is 72.6 Å². The molecular weight excluding hydrogens is 254 g/mol. The van der Waals surface area contributed by atoms with Gasteiger partial charge < -0.3 is 0 Å². The van der Waals surface area contributed by atoms with Crippen LogP contribution in [0, 0.1) is 6.92 Å². The van der Waals surface area contributed by atoms with Gasteiger partial charge in [-0.15, -0.1) is 0 Å². The first-order valence-corrected chi connectivity index (χ1v) is 7.16. The molecule has 0 aliphatic rings. The predicted molar refractivity (Wildman–Crippen MR) is 89.4 cm³/mol. The highest BCUT2D eigenvalue weighted by atomic mass is 14.7. The van der Waals surface area contributed by atoms with E-state index in [1.165, 1.54) is 27.1 Å². The highest BCUT2D eigenvalue weighted by Gasteiger charge is 2.05. The van der Waals surface area contributed by atoms with Crippen molar-refractivity contribution >= 4 is 21.5 Å². The van der Waals surface area contributed by atoms with Crippen molar-refractivity contribution < 1.29 is 0 Å². The Morgan fingerprint density at radius 3 is 2.43 bits per heavy atom. The smallest absolute Gasteiger partial charge is 0.0708 e. The molecule has 0 spiro atoms. The maximum atomic E-state index is 4.61. The summed E-state index contributed by atoms with van der Waals surface area (Å²) in [6.45, 7) is 2.16. The molecule has 1 heterocycles. The molecule has 100 valence electrons. The molecule has 0 amide bonds. The highest BCUT2D eigenvalue weighted by Crippen LogP contribution is 2.29. The quantitative estimate of drug-likeness (QED) is 0.424. The zero-order valence-corrected chi connectivity index (χ0v) is 11.9. The zero-order valence-electron chi connectivity index (χ0n) is 11.9. The van der Waals surface area contributed by atoms with Crippen LogP contribution in [0.4, 0.5) is 0 Å². The van der Waals surface area contributed by atoms with Crippen molar-refractivity contribution in [2.45, 2.75) is 6.92 Å². The third kappa shape index (κ3) is 1.98. The Hall–Kier alpha value is -2.67. The predicted octanol–water partition coefficient (Wildman–Crippen LogP) is 5.36. The van der Waals surface area contributed by atoms with E-state index in [0.29, 0.717) is 0 Å². The molecular formula is C20H15N. The first kappa shape index (κ1) is 12.1. The van der Waals surface area contributed by atoms with E-state index in [-0.39, 0.29) is 0 Å². The van der Waals surface area contributed by atoms with Gasteiger partial charge in [0.2, 0.25) is 0 Å². The fourth-order valence-electron chi connectivity index (χ4n) is 2.91.